The second-order valence-corrected chi connectivity index (χ2v) is 15.4. The molecule has 57 heavy (non-hydrogen) atoms. The molecule has 8 aromatic carbocycles. The van der Waals surface area contributed by atoms with E-state index in [4.69, 9.17) is 4.74 Å². The van der Waals surface area contributed by atoms with Gasteiger partial charge in [-0.1, -0.05) is 190 Å². The number of hydrogen-bond acceptors (Lipinski definition) is 2. The molecule has 0 saturated carbocycles. The minimum Gasteiger partial charge on any atom is -0.458 e. The van der Waals surface area contributed by atoms with Gasteiger partial charge in [-0.3, -0.25) is 0 Å². The fourth-order valence-corrected chi connectivity index (χ4v) is 9.06. The van der Waals surface area contributed by atoms with E-state index in [0.29, 0.717) is 0 Å². The van der Waals surface area contributed by atoms with E-state index >= 15 is 0 Å². The zero-order valence-electron chi connectivity index (χ0n) is 32.4. The van der Waals surface area contributed by atoms with Gasteiger partial charge in [0.25, 0.3) is 6.71 Å². The lowest BCUT2D eigenvalue weighted by atomic mass is 9.34. The van der Waals surface area contributed by atoms with E-state index < -0.39 is 0 Å². The summed E-state index contributed by atoms with van der Waals surface area (Å²) in [6.45, 7) is 2.25. The predicted octanol–water partition coefficient (Wildman–Crippen LogP) is 12.9. The maximum absolute atomic E-state index is 7.10. The van der Waals surface area contributed by atoms with Gasteiger partial charge in [-0.05, 0) is 92.4 Å². The first kappa shape index (κ1) is 34.9. The van der Waals surface area contributed by atoms with E-state index in [0.717, 1.165) is 24.3 Å². The van der Waals surface area contributed by atoms with Crippen LogP contribution in [0.3, 0.4) is 0 Å². The molecule has 8 aromatic rings. The number of para-hydroxylation sites is 1. The molecule has 0 fully saturated rings. The summed E-state index contributed by atoms with van der Waals surface area (Å²) in [7, 11) is 0. The fraction of sp³-hybridized carbons (Fsp3) is 0.111. The molecule has 0 atom stereocenters. The Bertz CT molecular complexity index is 2630. The molecule has 0 amide bonds. The highest BCUT2D eigenvalue weighted by atomic mass is 16.5. The summed E-state index contributed by atoms with van der Waals surface area (Å²) in [5.74, 6) is 1.89. The van der Waals surface area contributed by atoms with Gasteiger partial charge in [0.15, 0.2) is 0 Å². The second-order valence-electron chi connectivity index (χ2n) is 15.4. The van der Waals surface area contributed by atoms with E-state index in [2.05, 4.69) is 200 Å². The van der Waals surface area contributed by atoms with Crippen LogP contribution in [-0.4, -0.2) is 6.71 Å². The summed E-state index contributed by atoms with van der Waals surface area (Å²) < 4.78 is 7.10. The first-order chi connectivity index (χ1) is 28.2. The van der Waals surface area contributed by atoms with Crippen molar-refractivity contribution in [1.82, 2.24) is 0 Å². The molecule has 3 heteroatoms. The van der Waals surface area contributed by atoms with Crippen molar-refractivity contribution >= 4 is 40.2 Å². The molecule has 0 spiro atoms. The van der Waals surface area contributed by atoms with Gasteiger partial charge in [0.2, 0.25) is 0 Å². The first-order valence-corrected chi connectivity index (χ1v) is 20.5. The summed E-state index contributed by atoms with van der Waals surface area (Å²) in [6.07, 6.45) is 5.85. The Hall–Kier alpha value is -6.58. The third-order valence-corrected chi connectivity index (χ3v) is 11.8. The summed E-state index contributed by atoms with van der Waals surface area (Å²) >= 11 is 0. The van der Waals surface area contributed by atoms with Crippen LogP contribution in [0, 0.1) is 0 Å². The SMILES string of the molecule is CCCCCCc1cc2c3c(c1)N(c1c(-c4ccccc4)cccc1-c1ccccc1)c1ccc(-c4ccccc4)cc1B3c1cc(-c3ccccc3)ccc1O2. The first-order valence-electron chi connectivity index (χ1n) is 20.5. The largest absolute Gasteiger partial charge is 0.458 e. The van der Waals surface area contributed by atoms with Crippen molar-refractivity contribution < 1.29 is 4.74 Å². The molecule has 0 N–H and O–H groups in total. The van der Waals surface area contributed by atoms with Gasteiger partial charge in [-0.2, -0.15) is 0 Å². The maximum atomic E-state index is 7.10. The molecular formula is C54H44BNO. The van der Waals surface area contributed by atoms with Gasteiger partial charge in [-0.25, -0.2) is 0 Å². The lowest BCUT2D eigenvalue weighted by Gasteiger charge is -2.42. The Balaban J connectivity index is 1.28. The Kier molecular flexibility index (Phi) is 9.28. The van der Waals surface area contributed by atoms with Crippen LogP contribution in [0.25, 0.3) is 44.5 Å². The number of aryl methyl sites for hydroxylation is 1. The third kappa shape index (κ3) is 6.44. The molecule has 0 bridgehead atoms. The minimum atomic E-state index is -0.0319. The van der Waals surface area contributed by atoms with Gasteiger partial charge in [0.1, 0.15) is 11.5 Å². The van der Waals surface area contributed by atoms with Crippen LogP contribution in [0.1, 0.15) is 38.2 Å². The van der Waals surface area contributed by atoms with E-state index in [1.54, 1.807) is 0 Å². The van der Waals surface area contributed by atoms with Crippen molar-refractivity contribution in [2.75, 3.05) is 4.90 Å². The summed E-state index contributed by atoms with van der Waals surface area (Å²) in [4.78, 5) is 2.58. The number of unbranched alkanes of at least 4 members (excludes halogenated alkanes) is 3. The van der Waals surface area contributed by atoms with E-state index in [9.17, 15) is 0 Å². The molecule has 2 aliphatic heterocycles. The molecule has 0 unspecified atom stereocenters. The molecule has 0 aromatic heterocycles. The van der Waals surface area contributed by atoms with Gasteiger partial charge < -0.3 is 9.64 Å². The summed E-state index contributed by atoms with van der Waals surface area (Å²) in [5, 5.41) is 0. The van der Waals surface area contributed by atoms with E-state index in [1.165, 1.54) is 103 Å². The average Bonchev–Trinajstić information content (AvgIpc) is 3.28. The van der Waals surface area contributed by atoms with Crippen LogP contribution < -0.4 is 26.0 Å². The van der Waals surface area contributed by atoms with Crippen LogP contribution in [0.4, 0.5) is 17.1 Å². The van der Waals surface area contributed by atoms with Crippen LogP contribution in [0.15, 0.2) is 188 Å². The molecule has 10 rings (SSSR count). The molecule has 0 aliphatic carbocycles. The number of benzene rings is 8. The van der Waals surface area contributed by atoms with E-state index in [1.807, 2.05) is 0 Å². The minimum absolute atomic E-state index is 0.0319. The molecule has 2 heterocycles. The predicted molar refractivity (Wildman–Crippen MR) is 242 cm³/mol. The monoisotopic (exact) mass is 733 g/mol. The van der Waals surface area contributed by atoms with E-state index in [-0.39, 0.29) is 6.71 Å². The molecule has 274 valence electrons. The number of nitrogens with zero attached hydrogens (tertiary/aromatic N) is 1. The van der Waals surface area contributed by atoms with Crippen molar-refractivity contribution in [3.05, 3.63) is 194 Å². The highest BCUT2D eigenvalue weighted by molar-refractivity contribution is 6.99. The Morgan fingerprint density at radius 1 is 0.439 bits per heavy atom. The topological polar surface area (TPSA) is 12.5 Å². The van der Waals surface area contributed by atoms with Crippen LogP contribution in [-0.2, 0) is 6.42 Å². The lowest BCUT2D eigenvalue weighted by Crippen LogP contribution is -2.59. The van der Waals surface area contributed by atoms with Crippen molar-refractivity contribution in [1.29, 1.82) is 0 Å². The molecule has 0 saturated heterocycles. The number of anilines is 3. The quantitative estimate of drug-likeness (QED) is 0.102. The fourth-order valence-electron chi connectivity index (χ4n) is 9.06. The van der Waals surface area contributed by atoms with Gasteiger partial charge in [0, 0.05) is 22.5 Å². The van der Waals surface area contributed by atoms with Crippen molar-refractivity contribution in [3.8, 4) is 56.0 Å². The second kappa shape index (κ2) is 15.2. The standard InChI is InChI=1S/C54H44BNO/c1-2-3-4-9-19-38-34-50-53-52(35-38)57-51-33-31-44(40-22-12-6-13-23-40)37-48(51)55(53)47-36-43(39-20-10-5-11-21-39)30-32-49(47)56(50)54-45(41-24-14-7-15-25-41)28-18-29-46(54)42-26-16-8-17-27-42/h5-8,10-18,20-37H,2-4,9,19H2,1H3. The Morgan fingerprint density at radius 3 is 1.60 bits per heavy atom. The Labute approximate surface area is 337 Å². The Morgan fingerprint density at radius 2 is 1.00 bits per heavy atom. The molecule has 2 nitrogen and oxygen atoms in total. The zero-order chi connectivity index (χ0) is 38.1. The summed E-state index contributed by atoms with van der Waals surface area (Å²) in [6, 6.07) is 68.8. The third-order valence-electron chi connectivity index (χ3n) is 11.8. The molecule has 0 radical (unpaired) electrons. The average molecular weight is 734 g/mol. The van der Waals surface area contributed by atoms with Crippen molar-refractivity contribution in [2.24, 2.45) is 0 Å². The number of hydrogen-bond donors (Lipinski definition) is 0. The van der Waals surface area contributed by atoms with Crippen molar-refractivity contribution in [3.63, 3.8) is 0 Å². The van der Waals surface area contributed by atoms with Crippen LogP contribution in [0.5, 0.6) is 11.5 Å². The maximum Gasteiger partial charge on any atom is 0.256 e. The van der Waals surface area contributed by atoms with Crippen LogP contribution in [0.2, 0.25) is 0 Å². The number of fused-ring (bicyclic) bond motifs is 4. The molecular weight excluding hydrogens is 689 g/mol. The number of ether oxygens (including phenoxy) is 1. The normalized spacial score (nSPS) is 12.4. The zero-order valence-corrected chi connectivity index (χ0v) is 32.4. The summed E-state index contributed by atoms with van der Waals surface area (Å²) in [5.41, 5.74) is 18.2. The van der Waals surface area contributed by atoms with Gasteiger partial charge >= 0.3 is 0 Å². The van der Waals surface area contributed by atoms with Gasteiger partial charge in [0.05, 0.1) is 5.69 Å². The molecule has 2 aliphatic rings. The highest BCUT2D eigenvalue weighted by Crippen LogP contribution is 2.49. The smallest absolute Gasteiger partial charge is 0.256 e. The lowest BCUT2D eigenvalue weighted by molar-refractivity contribution is 0.486. The van der Waals surface area contributed by atoms with Gasteiger partial charge in [-0.15, -0.1) is 0 Å². The highest BCUT2D eigenvalue weighted by Gasteiger charge is 2.43. The van der Waals surface area contributed by atoms with Crippen LogP contribution >= 0.6 is 0 Å². The van der Waals surface area contributed by atoms with Crippen molar-refractivity contribution in [2.45, 2.75) is 39.0 Å². The number of rotatable bonds is 10.